The van der Waals surface area contributed by atoms with Crippen LogP contribution in [0.3, 0.4) is 0 Å². The number of hydrogen-bond acceptors (Lipinski definition) is 3. The Morgan fingerprint density at radius 3 is 2.68 bits per heavy atom. The minimum Gasteiger partial charge on any atom is -0.374 e. The largest absolute Gasteiger partial charge is 0.374 e. The summed E-state index contributed by atoms with van der Waals surface area (Å²) in [5.74, 6) is 1.30. The third-order valence-electron chi connectivity index (χ3n) is 5.48. The Hall–Kier alpha value is -2.15. The Morgan fingerprint density at radius 1 is 1.32 bits per heavy atom. The lowest BCUT2D eigenvalue weighted by atomic mass is 9.82. The molecule has 7 heteroatoms. The molecule has 134 valence electrons. The highest BCUT2D eigenvalue weighted by Gasteiger charge is 2.53. The van der Waals surface area contributed by atoms with Crippen molar-refractivity contribution in [2.45, 2.75) is 25.0 Å². The Labute approximate surface area is 146 Å². The van der Waals surface area contributed by atoms with E-state index in [-0.39, 0.29) is 18.3 Å². The lowest BCUT2D eigenvalue weighted by Gasteiger charge is -2.23. The number of carbonyl (C=O) groups is 1. The minimum atomic E-state index is -0.373. The van der Waals surface area contributed by atoms with Crippen LogP contribution < -0.4 is 10.6 Å². The van der Waals surface area contributed by atoms with Crippen molar-refractivity contribution in [2.24, 2.45) is 16.8 Å². The SMILES string of the molecule is CN=C(NCC(=O)Nc1cccc(F)c1)N1CC2C3CCC(O3)C2C1. The molecule has 1 aromatic rings. The molecular weight excluding hydrogens is 323 g/mol. The van der Waals surface area contributed by atoms with Crippen LogP contribution in [0, 0.1) is 17.7 Å². The van der Waals surface area contributed by atoms with Crippen LogP contribution in [-0.4, -0.2) is 55.7 Å². The molecular formula is C18H23FN4O2. The van der Waals surface area contributed by atoms with Gasteiger partial charge in [-0.15, -0.1) is 0 Å². The van der Waals surface area contributed by atoms with Gasteiger partial charge in [0.1, 0.15) is 5.82 Å². The van der Waals surface area contributed by atoms with Crippen LogP contribution in [0.4, 0.5) is 10.1 Å². The summed E-state index contributed by atoms with van der Waals surface area (Å²) in [6.07, 6.45) is 3.13. The van der Waals surface area contributed by atoms with Gasteiger partial charge in [0.05, 0.1) is 18.8 Å². The number of benzene rings is 1. The second-order valence-corrected chi connectivity index (χ2v) is 6.98. The van der Waals surface area contributed by atoms with Crippen molar-refractivity contribution >= 4 is 17.6 Å². The zero-order valence-corrected chi connectivity index (χ0v) is 14.2. The van der Waals surface area contributed by atoms with E-state index >= 15 is 0 Å². The number of nitrogens with zero attached hydrogens (tertiary/aromatic N) is 2. The number of hydrogen-bond donors (Lipinski definition) is 2. The van der Waals surface area contributed by atoms with E-state index < -0.39 is 0 Å². The van der Waals surface area contributed by atoms with E-state index in [1.807, 2.05) is 0 Å². The molecule has 0 spiro atoms. The molecule has 4 atom stereocenters. The van der Waals surface area contributed by atoms with Crippen LogP contribution >= 0.6 is 0 Å². The molecule has 6 nitrogen and oxygen atoms in total. The van der Waals surface area contributed by atoms with Gasteiger partial charge in [-0.2, -0.15) is 0 Å². The number of amides is 1. The van der Waals surface area contributed by atoms with E-state index in [0.717, 1.165) is 19.0 Å². The number of nitrogens with one attached hydrogen (secondary N) is 2. The highest BCUT2D eigenvalue weighted by molar-refractivity contribution is 5.95. The normalized spacial score (nSPS) is 30.5. The second-order valence-electron chi connectivity index (χ2n) is 6.98. The molecule has 2 N–H and O–H groups in total. The van der Waals surface area contributed by atoms with Crippen molar-refractivity contribution in [3.8, 4) is 0 Å². The minimum absolute atomic E-state index is 0.0956. The fraction of sp³-hybridized carbons (Fsp3) is 0.556. The number of anilines is 1. The summed E-state index contributed by atoms with van der Waals surface area (Å²) >= 11 is 0. The number of aliphatic imine (C=N–C) groups is 1. The first-order valence-corrected chi connectivity index (χ1v) is 8.80. The number of halogens is 1. The summed E-state index contributed by atoms with van der Waals surface area (Å²) in [6.45, 7) is 1.95. The second kappa shape index (κ2) is 6.63. The molecule has 1 amide bonds. The fourth-order valence-electron chi connectivity index (χ4n) is 4.40. The van der Waals surface area contributed by atoms with Gasteiger partial charge in [0.2, 0.25) is 5.91 Å². The van der Waals surface area contributed by atoms with Crippen molar-refractivity contribution in [3.05, 3.63) is 30.1 Å². The molecule has 0 radical (unpaired) electrons. The van der Waals surface area contributed by atoms with Gasteiger partial charge in [0.25, 0.3) is 0 Å². The molecule has 0 saturated carbocycles. The number of likely N-dealkylation sites (tertiary alicyclic amines) is 1. The van der Waals surface area contributed by atoms with Gasteiger partial charge in [-0.25, -0.2) is 4.39 Å². The smallest absolute Gasteiger partial charge is 0.243 e. The van der Waals surface area contributed by atoms with Crippen LogP contribution in [0.25, 0.3) is 0 Å². The average molecular weight is 346 g/mol. The highest BCUT2D eigenvalue weighted by Crippen LogP contribution is 2.47. The van der Waals surface area contributed by atoms with Gasteiger partial charge < -0.3 is 20.3 Å². The fourth-order valence-corrected chi connectivity index (χ4v) is 4.40. The number of ether oxygens (including phenoxy) is 1. The van der Waals surface area contributed by atoms with Gasteiger partial charge in [-0.05, 0) is 31.0 Å². The van der Waals surface area contributed by atoms with Crippen LogP contribution in [0.15, 0.2) is 29.3 Å². The predicted octanol–water partition coefficient (Wildman–Crippen LogP) is 1.45. The number of rotatable bonds is 3. The molecule has 3 saturated heterocycles. The zero-order chi connectivity index (χ0) is 17.4. The topological polar surface area (TPSA) is 66.0 Å². The van der Waals surface area contributed by atoms with Gasteiger partial charge in [0, 0.05) is 37.7 Å². The number of guanidine groups is 1. The van der Waals surface area contributed by atoms with E-state index in [0.29, 0.717) is 29.7 Å². The van der Waals surface area contributed by atoms with Crippen LogP contribution in [0.5, 0.6) is 0 Å². The molecule has 0 aliphatic carbocycles. The van der Waals surface area contributed by atoms with Crippen molar-refractivity contribution in [2.75, 3.05) is 32.0 Å². The number of carbonyl (C=O) groups excluding carboxylic acids is 1. The molecule has 3 aliphatic heterocycles. The Kier molecular flexibility index (Phi) is 4.33. The molecule has 0 aromatic heterocycles. The summed E-state index contributed by atoms with van der Waals surface area (Å²) in [7, 11) is 1.73. The summed E-state index contributed by atoms with van der Waals surface area (Å²) in [5, 5.41) is 5.80. The Morgan fingerprint density at radius 2 is 2.04 bits per heavy atom. The van der Waals surface area contributed by atoms with E-state index in [9.17, 15) is 9.18 Å². The van der Waals surface area contributed by atoms with E-state index in [4.69, 9.17) is 4.74 Å². The van der Waals surface area contributed by atoms with E-state index in [1.165, 1.54) is 25.0 Å². The van der Waals surface area contributed by atoms with Crippen LogP contribution in [0.1, 0.15) is 12.8 Å². The first-order chi connectivity index (χ1) is 12.1. The van der Waals surface area contributed by atoms with Crippen molar-refractivity contribution < 1.29 is 13.9 Å². The molecule has 1 aromatic carbocycles. The third-order valence-corrected chi connectivity index (χ3v) is 5.48. The molecule has 2 bridgehead atoms. The average Bonchev–Trinajstić information content (AvgIpc) is 3.28. The molecule has 3 aliphatic rings. The maximum Gasteiger partial charge on any atom is 0.243 e. The third kappa shape index (κ3) is 3.20. The highest BCUT2D eigenvalue weighted by atomic mass is 19.1. The van der Waals surface area contributed by atoms with E-state index in [1.54, 1.807) is 19.2 Å². The van der Waals surface area contributed by atoms with E-state index in [2.05, 4.69) is 20.5 Å². The Bertz CT molecular complexity index is 677. The summed E-state index contributed by atoms with van der Waals surface area (Å²) in [6, 6.07) is 5.87. The van der Waals surface area contributed by atoms with Crippen LogP contribution in [0.2, 0.25) is 0 Å². The predicted molar refractivity (Wildman–Crippen MR) is 92.8 cm³/mol. The monoisotopic (exact) mass is 346 g/mol. The van der Waals surface area contributed by atoms with Gasteiger partial charge in [-0.3, -0.25) is 9.79 Å². The number of fused-ring (bicyclic) bond motifs is 5. The lowest BCUT2D eigenvalue weighted by molar-refractivity contribution is -0.115. The summed E-state index contributed by atoms with van der Waals surface area (Å²) in [4.78, 5) is 18.6. The Balaban J connectivity index is 1.30. The maximum absolute atomic E-state index is 13.2. The summed E-state index contributed by atoms with van der Waals surface area (Å²) in [5.41, 5.74) is 0.450. The molecule has 3 fully saturated rings. The summed E-state index contributed by atoms with van der Waals surface area (Å²) < 4.78 is 19.2. The first-order valence-electron chi connectivity index (χ1n) is 8.80. The van der Waals surface area contributed by atoms with Crippen LogP contribution in [-0.2, 0) is 9.53 Å². The maximum atomic E-state index is 13.2. The van der Waals surface area contributed by atoms with Gasteiger partial charge in [0.15, 0.2) is 5.96 Å². The molecule has 25 heavy (non-hydrogen) atoms. The van der Waals surface area contributed by atoms with Gasteiger partial charge >= 0.3 is 0 Å². The van der Waals surface area contributed by atoms with Crippen molar-refractivity contribution in [1.29, 1.82) is 0 Å². The first kappa shape index (κ1) is 16.3. The van der Waals surface area contributed by atoms with Crippen molar-refractivity contribution in [1.82, 2.24) is 10.2 Å². The molecule has 3 heterocycles. The zero-order valence-electron chi connectivity index (χ0n) is 14.2. The van der Waals surface area contributed by atoms with Crippen molar-refractivity contribution in [3.63, 3.8) is 0 Å². The lowest BCUT2D eigenvalue weighted by Crippen LogP contribution is -2.44. The molecule has 4 rings (SSSR count). The standard InChI is InChI=1S/C18H23FN4O2/c1-20-18(21-8-17(24)22-12-4-2-3-11(19)7-12)23-9-13-14(10-23)16-6-5-15(13)25-16/h2-4,7,13-16H,5-6,8-10H2,1H3,(H,20,21)(H,22,24). The molecule has 4 unspecified atom stereocenters. The quantitative estimate of drug-likeness (QED) is 0.642. The van der Waals surface area contributed by atoms with Gasteiger partial charge in [-0.1, -0.05) is 6.07 Å².